The Bertz CT molecular complexity index is 550. The van der Waals surface area contributed by atoms with E-state index in [9.17, 15) is 14.4 Å². The van der Waals surface area contributed by atoms with Crippen LogP contribution in [0, 0.1) is 12.8 Å². The van der Waals surface area contributed by atoms with E-state index in [1.165, 1.54) is 0 Å². The molecule has 1 rings (SSSR count). The van der Waals surface area contributed by atoms with E-state index in [0.29, 0.717) is 17.9 Å². The first-order valence-corrected chi connectivity index (χ1v) is 6.54. The van der Waals surface area contributed by atoms with Gasteiger partial charge in [-0.05, 0) is 19.3 Å². The third-order valence-corrected chi connectivity index (χ3v) is 2.82. The zero-order valence-electron chi connectivity index (χ0n) is 12.4. The number of carbonyl (C=O) groups excluding carboxylic acids is 3. The lowest BCUT2D eigenvalue weighted by atomic mass is 10.1. The number of rotatable bonds is 5. The maximum absolute atomic E-state index is 12.2. The van der Waals surface area contributed by atoms with Crippen LogP contribution in [-0.4, -0.2) is 29.2 Å². The van der Waals surface area contributed by atoms with Crippen LogP contribution in [0.5, 0.6) is 0 Å². The minimum absolute atomic E-state index is 0.204. The van der Waals surface area contributed by atoms with Gasteiger partial charge in [-0.25, -0.2) is 9.59 Å². The molecule has 0 unspecified atom stereocenters. The summed E-state index contributed by atoms with van der Waals surface area (Å²) in [5.41, 5.74) is 5.55. The fraction of sp³-hybridized carbons (Fsp3) is 0.538. The summed E-state index contributed by atoms with van der Waals surface area (Å²) in [6.07, 6.45) is -0.647. The quantitative estimate of drug-likeness (QED) is 0.779. The van der Waals surface area contributed by atoms with Gasteiger partial charge in [-0.3, -0.25) is 10.1 Å². The van der Waals surface area contributed by atoms with Crippen LogP contribution in [0.3, 0.4) is 0 Å². The van der Waals surface area contributed by atoms with Crippen LogP contribution in [0.25, 0.3) is 0 Å². The number of carbonyl (C=O) groups is 3. The van der Waals surface area contributed by atoms with Crippen LogP contribution < -0.4 is 11.1 Å². The van der Waals surface area contributed by atoms with Crippen molar-refractivity contribution in [1.82, 2.24) is 10.5 Å². The Morgan fingerprint density at radius 3 is 2.48 bits per heavy atom. The van der Waals surface area contributed by atoms with Crippen molar-refractivity contribution in [3.8, 4) is 0 Å². The molecule has 1 atom stereocenters. The molecule has 0 fully saturated rings. The van der Waals surface area contributed by atoms with Crippen LogP contribution in [-0.2, 0) is 16.0 Å². The average molecular weight is 297 g/mol. The Hall–Kier alpha value is -2.38. The number of nitrogens with one attached hydrogen (secondary N) is 1. The minimum atomic E-state index is -1.14. The number of ether oxygens (including phenoxy) is 1. The summed E-state index contributed by atoms with van der Waals surface area (Å²) in [6, 6.07) is -1.00. The number of imide groups is 1. The number of amides is 3. The summed E-state index contributed by atoms with van der Waals surface area (Å²) in [7, 11) is 0. The molecular formula is C13H19N3O5. The number of nitrogens with zero attached hydrogens (tertiary/aromatic N) is 1. The number of aromatic nitrogens is 1. The number of primary amides is 1. The zero-order valence-corrected chi connectivity index (χ0v) is 12.4. The molecule has 0 spiro atoms. The summed E-state index contributed by atoms with van der Waals surface area (Å²) in [5, 5.41) is 5.65. The largest absolute Gasteiger partial charge is 0.448 e. The summed E-state index contributed by atoms with van der Waals surface area (Å²) < 4.78 is 10.1. The molecular weight excluding hydrogens is 278 g/mol. The fourth-order valence-corrected chi connectivity index (χ4v) is 1.78. The van der Waals surface area contributed by atoms with E-state index >= 15 is 0 Å². The van der Waals surface area contributed by atoms with Gasteiger partial charge in [0.25, 0.3) is 5.91 Å². The van der Waals surface area contributed by atoms with E-state index < -0.39 is 24.0 Å². The van der Waals surface area contributed by atoms with E-state index in [-0.39, 0.29) is 11.5 Å². The summed E-state index contributed by atoms with van der Waals surface area (Å²) in [4.78, 5) is 34.7. The third-order valence-electron chi connectivity index (χ3n) is 2.82. The second kappa shape index (κ2) is 6.87. The number of aryl methyl sites for hydroxylation is 2. The molecule has 8 nitrogen and oxygen atoms in total. The molecule has 0 aliphatic heterocycles. The third kappa shape index (κ3) is 4.04. The highest BCUT2D eigenvalue weighted by molar-refractivity contribution is 5.98. The monoisotopic (exact) mass is 297 g/mol. The van der Waals surface area contributed by atoms with Crippen LogP contribution >= 0.6 is 0 Å². The van der Waals surface area contributed by atoms with Gasteiger partial charge >= 0.3 is 12.0 Å². The maximum Gasteiger partial charge on any atom is 0.344 e. The highest BCUT2D eigenvalue weighted by Crippen LogP contribution is 2.18. The van der Waals surface area contributed by atoms with Gasteiger partial charge in [-0.2, -0.15) is 0 Å². The lowest BCUT2D eigenvalue weighted by Gasteiger charge is -2.19. The molecule has 0 aliphatic rings. The molecule has 1 aromatic heterocycles. The van der Waals surface area contributed by atoms with Crippen molar-refractivity contribution in [1.29, 1.82) is 0 Å². The van der Waals surface area contributed by atoms with Gasteiger partial charge in [0.1, 0.15) is 11.3 Å². The first-order valence-electron chi connectivity index (χ1n) is 6.54. The van der Waals surface area contributed by atoms with Gasteiger partial charge in [0.05, 0.1) is 5.69 Å². The molecule has 1 heterocycles. The standard InChI is InChI=1S/C13H19N3O5/c1-5-8-9(7(4)21-16-8)12(18)20-10(6(2)3)11(17)15-13(14)19/h6,10H,5H2,1-4H3,(H3,14,15,17,19)/t10-/m0/s1. The van der Waals surface area contributed by atoms with Gasteiger partial charge in [-0.15, -0.1) is 0 Å². The summed E-state index contributed by atoms with van der Waals surface area (Å²) >= 11 is 0. The van der Waals surface area contributed by atoms with Crippen molar-refractivity contribution < 1.29 is 23.6 Å². The highest BCUT2D eigenvalue weighted by Gasteiger charge is 2.30. The Morgan fingerprint density at radius 1 is 1.38 bits per heavy atom. The first kappa shape index (κ1) is 16.7. The fourth-order valence-electron chi connectivity index (χ4n) is 1.78. The Balaban J connectivity index is 2.93. The van der Waals surface area contributed by atoms with Gasteiger partial charge in [0.15, 0.2) is 6.10 Å². The Morgan fingerprint density at radius 2 is 2.00 bits per heavy atom. The summed E-state index contributed by atoms with van der Waals surface area (Å²) in [5.74, 6) is -1.50. The van der Waals surface area contributed by atoms with Crippen molar-refractivity contribution in [2.45, 2.75) is 40.2 Å². The normalized spacial score (nSPS) is 12.0. The molecule has 8 heteroatoms. The average Bonchev–Trinajstić information content (AvgIpc) is 2.75. The van der Waals surface area contributed by atoms with E-state index in [1.54, 1.807) is 20.8 Å². The molecule has 0 bridgehead atoms. The van der Waals surface area contributed by atoms with Crippen LogP contribution in [0.4, 0.5) is 4.79 Å². The van der Waals surface area contributed by atoms with Crippen molar-refractivity contribution in [2.24, 2.45) is 11.7 Å². The predicted molar refractivity (Wildman–Crippen MR) is 72.4 cm³/mol. The van der Waals surface area contributed by atoms with E-state index in [4.69, 9.17) is 15.0 Å². The number of hydrogen-bond acceptors (Lipinski definition) is 6. The lowest BCUT2D eigenvalue weighted by molar-refractivity contribution is -0.130. The van der Waals surface area contributed by atoms with Crippen molar-refractivity contribution >= 4 is 17.9 Å². The molecule has 21 heavy (non-hydrogen) atoms. The Labute approximate surface area is 122 Å². The SMILES string of the molecule is CCc1noc(C)c1C(=O)O[C@H](C(=O)NC(N)=O)C(C)C. The maximum atomic E-state index is 12.2. The van der Waals surface area contributed by atoms with Gasteiger partial charge in [-0.1, -0.05) is 25.9 Å². The number of hydrogen-bond donors (Lipinski definition) is 2. The number of urea groups is 1. The molecule has 0 aliphatic carbocycles. The van der Waals surface area contributed by atoms with Crippen LogP contribution in [0.2, 0.25) is 0 Å². The predicted octanol–water partition coefficient (Wildman–Crippen LogP) is 0.922. The first-order chi connectivity index (χ1) is 9.77. The highest BCUT2D eigenvalue weighted by atomic mass is 16.6. The molecule has 3 N–H and O–H groups in total. The second-order valence-electron chi connectivity index (χ2n) is 4.84. The lowest BCUT2D eigenvalue weighted by Crippen LogP contribution is -2.45. The van der Waals surface area contributed by atoms with Gasteiger partial charge in [0, 0.05) is 0 Å². The van der Waals surface area contributed by atoms with E-state index in [2.05, 4.69) is 5.16 Å². The van der Waals surface area contributed by atoms with Crippen molar-refractivity contribution in [2.75, 3.05) is 0 Å². The minimum Gasteiger partial charge on any atom is -0.448 e. The molecule has 1 aromatic rings. The van der Waals surface area contributed by atoms with Crippen LogP contribution in [0.1, 0.15) is 42.6 Å². The zero-order chi connectivity index (χ0) is 16.2. The van der Waals surface area contributed by atoms with E-state index in [1.807, 2.05) is 12.2 Å². The topological polar surface area (TPSA) is 125 Å². The smallest absolute Gasteiger partial charge is 0.344 e. The number of nitrogens with two attached hydrogens (primary N) is 1. The van der Waals surface area contributed by atoms with Crippen LogP contribution in [0.15, 0.2) is 4.52 Å². The van der Waals surface area contributed by atoms with Crippen molar-refractivity contribution in [3.63, 3.8) is 0 Å². The second-order valence-corrected chi connectivity index (χ2v) is 4.84. The molecule has 116 valence electrons. The van der Waals surface area contributed by atoms with Gasteiger partial charge < -0.3 is 15.0 Å². The van der Waals surface area contributed by atoms with E-state index in [0.717, 1.165) is 0 Å². The van der Waals surface area contributed by atoms with Gasteiger partial charge in [0.2, 0.25) is 0 Å². The summed E-state index contributed by atoms with van der Waals surface area (Å²) in [6.45, 7) is 6.75. The molecule has 0 radical (unpaired) electrons. The molecule has 0 saturated heterocycles. The molecule has 3 amide bonds. The Kier molecular flexibility index (Phi) is 5.45. The number of esters is 1. The molecule has 0 aromatic carbocycles. The molecule has 0 saturated carbocycles. The van der Waals surface area contributed by atoms with Crippen molar-refractivity contribution in [3.05, 3.63) is 17.0 Å².